The maximum atomic E-state index is 11.2. The van der Waals surface area contributed by atoms with Crippen molar-refractivity contribution in [3.05, 3.63) is 35.4 Å². The third-order valence-electron chi connectivity index (χ3n) is 3.17. The Labute approximate surface area is 113 Å². The molecule has 1 aromatic carbocycles. The Kier molecular flexibility index (Phi) is 4.39. The lowest BCUT2D eigenvalue weighted by atomic mass is 10.00. The van der Waals surface area contributed by atoms with E-state index in [2.05, 4.69) is 51.6 Å². The molecule has 1 unspecified atom stereocenters. The van der Waals surface area contributed by atoms with Gasteiger partial charge in [0, 0.05) is 6.54 Å². The average molecular weight is 261 g/mol. The number of alkyl carbamates (subject to hydrolysis) is 1. The van der Waals surface area contributed by atoms with Gasteiger partial charge in [-0.15, -0.1) is 0 Å². The molecular weight excluding hydrogens is 242 g/mol. The van der Waals surface area contributed by atoms with Crippen LogP contribution in [0.5, 0.6) is 0 Å². The van der Waals surface area contributed by atoms with E-state index < -0.39 is 6.09 Å². The predicted molar refractivity (Wildman–Crippen MR) is 74.2 cm³/mol. The molecule has 1 aromatic rings. The van der Waals surface area contributed by atoms with Gasteiger partial charge >= 0.3 is 6.09 Å². The highest BCUT2D eigenvalue weighted by Gasteiger charge is 2.18. The number of nitrogens with zero attached hydrogens (tertiary/aromatic N) is 1. The lowest BCUT2D eigenvalue weighted by Crippen LogP contribution is -2.45. The first kappa shape index (κ1) is 13.4. The summed E-state index contributed by atoms with van der Waals surface area (Å²) < 4.78 is 4.56. The fourth-order valence-electron chi connectivity index (χ4n) is 2.09. The first-order chi connectivity index (χ1) is 9.22. The number of carbonyl (C=O) groups is 1. The molecule has 1 amide bonds. The number of carbonyl (C=O) groups excluding carboxylic acids is 1. The van der Waals surface area contributed by atoms with Crippen molar-refractivity contribution in [1.82, 2.24) is 10.6 Å². The Bertz CT molecular complexity index is 485. The summed E-state index contributed by atoms with van der Waals surface area (Å²) in [7, 11) is 1.33. The molecule has 2 rings (SSSR count). The normalized spacial score (nSPS) is 18.2. The summed E-state index contributed by atoms with van der Waals surface area (Å²) in [4.78, 5) is 15.4. The van der Waals surface area contributed by atoms with Gasteiger partial charge in [-0.2, -0.15) is 0 Å². The Morgan fingerprint density at radius 3 is 3.16 bits per heavy atom. The van der Waals surface area contributed by atoms with Gasteiger partial charge < -0.3 is 10.1 Å². The maximum absolute atomic E-state index is 11.2. The van der Waals surface area contributed by atoms with Crippen LogP contribution < -0.4 is 10.6 Å². The van der Waals surface area contributed by atoms with Gasteiger partial charge in [-0.1, -0.05) is 31.2 Å². The molecule has 102 valence electrons. The molecular formula is C14H19N3O2. The van der Waals surface area contributed by atoms with Crippen LogP contribution in [0, 0.1) is 0 Å². The number of aryl methyl sites for hydroxylation is 1. The average Bonchev–Trinajstić information content (AvgIpc) is 2.47. The second-order valence-electron chi connectivity index (χ2n) is 4.43. The summed E-state index contributed by atoms with van der Waals surface area (Å²) in [5.74, 6) is 0.477. The highest BCUT2D eigenvalue weighted by molar-refractivity contribution is 5.94. The summed E-state index contributed by atoms with van der Waals surface area (Å²) in [5.41, 5.74) is 2.53. The summed E-state index contributed by atoms with van der Waals surface area (Å²) in [5, 5.41) is 5.80. The van der Waals surface area contributed by atoms with E-state index in [-0.39, 0.29) is 6.04 Å². The van der Waals surface area contributed by atoms with E-state index >= 15 is 0 Å². The Balaban J connectivity index is 2.06. The highest BCUT2D eigenvalue weighted by atomic mass is 16.5. The second kappa shape index (κ2) is 6.22. The minimum atomic E-state index is -0.505. The van der Waals surface area contributed by atoms with Gasteiger partial charge in [-0.05, 0) is 24.0 Å². The van der Waals surface area contributed by atoms with Crippen LogP contribution in [0.4, 0.5) is 4.79 Å². The van der Waals surface area contributed by atoms with E-state index in [1.807, 2.05) is 0 Å². The topological polar surface area (TPSA) is 62.7 Å². The largest absolute Gasteiger partial charge is 0.453 e. The molecule has 2 N–H and O–H groups in total. The molecule has 0 saturated heterocycles. The van der Waals surface area contributed by atoms with Crippen molar-refractivity contribution in [2.24, 2.45) is 4.99 Å². The number of aliphatic imine (C=N–C) groups is 1. The van der Waals surface area contributed by atoms with Crippen LogP contribution in [0.25, 0.3) is 0 Å². The van der Waals surface area contributed by atoms with Gasteiger partial charge in [0.05, 0.1) is 13.2 Å². The molecule has 19 heavy (non-hydrogen) atoms. The molecule has 0 saturated carbocycles. The molecule has 0 spiro atoms. The summed E-state index contributed by atoms with van der Waals surface area (Å²) in [6, 6.07) is 8.65. The smallest absolute Gasteiger partial charge is 0.413 e. The van der Waals surface area contributed by atoms with Gasteiger partial charge in [0.1, 0.15) is 0 Å². The Morgan fingerprint density at radius 1 is 1.58 bits per heavy atom. The molecule has 0 aliphatic carbocycles. The quantitative estimate of drug-likeness (QED) is 0.856. The van der Waals surface area contributed by atoms with E-state index in [0.29, 0.717) is 12.5 Å². The fraction of sp³-hybridized carbons (Fsp3) is 0.429. The summed E-state index contributed by atoms with van der Waals surface area (Å²) >= 11 is 0. The SMILES string of the molecule is CCc1cccc(C2CCN=C(NC(=O)OC)N2)c1. The van der Waals surface area contributed by atoms with E-state index in [9.17, 15) is 4.79 Å². The van der Waals surface area contributed by atoms with Crippen molar-refractivity contribution in [3.8, 4) is 0 Å². The number of hydrogen-bond donors (Lipinski definition) is 2. The standard InChI is InChI=1S/C14H19N3O2/c1-3-10-5-4-6-11(9-10)12-7-8-15-13(16-12)17-14(18)19-2/h4-6,9,12H,3,7-8H2,1-2H3,(H2,15,16,17,18). The zero-order chi connectivity index (χ0) is 13.7. The van der Waals surface area contributed by atoms with Gasteiger partial charge in [-0.3, -0.25) is 10.3 Å². The van der Waals surface area contributed by atoms with Crippen LogP contribution in [0.2, 0.25) is 0 Å². The molecule has 5 nitrogen and oxygen atoms in total. The molecule has 1 aliphatic heterocycles. The van der Waals surface area contributed by atoms with Crippen LogP contribution in [0.15, 0.2) is 29.3 Å². The van der Waals surface area contributed by atoms with Crippen LogP contribution >= 0.6 is 0 Å². The van der Waals surface area contributed by atoms with Crippen LogP contribution in [0.1, 0.15) is 30.5 Å². The minimum Gasteiger partial charge on any atom is -0.453 e. The number of amides is 1. The zero-order valence-corrected chi connectivity index (χ0v) is 11.3. The van der Waals surface area contributed by atoms with Crippen LogP contribution in [-0.4, -0.2) is 25.7 Å². The van der Waals surface area contributed by atoms with Crippen molar-refractivity contribution in [2.45, 2.75) is 25.8 Å². The Hall–Kier alpha value is -2.04. The molecule has 1 heterocycles. The van der Waals surface area contributed by atoms with Crippen molar-refractivity contribution in [3.63, 3.8) is 0 Å². The van der Waals surface area contributed by atoms with Gasteiger partial charge in [0.25, 0.3) is 0 Å². The van der Waals surface area contributed by atoms with Crippen LogP contribution in [-0.2, 0) is 11.2 Å². The number of ether oxygens (including phenoxy) is 1. The lowest BCUT2D eigenvalue weighted by molar-refractivity contribution is 0.176. The van der Waals surface area contributed by atoms with E-state index in [4.69, 9.17) is 0 Å². The van der Waals surface area contributed by atoms with Crippen molar-refractivity contribution < 1.29 is 9.53 Å². The molecule has 0 bridgehead atoms. The first-order valence-corrected chi connectivity index (χ1v) is 6.47. The summed E-state index contributed by atoms with van der Waals surface area (Å²) in [6.07, 6.45) is 1.43. The highest BCUT2D eigenvalue weighted by Crippen LogP contribution is 2.20. The molecule has 5 heteroatoms. The first-order valence-electron chi connectivity index (χ1n) is 6.47. The molecule has 0 radical (unpaired) electrons. The number of rotatable bonds is 2. The van der Waals surface area contributed by atoms with Crippen molar-refractivity contribution >= 4 is 12.1 Å². The lowest BCUT2D eigenvalue weighted by Gasteiger charge is -2.25. The Morgan fingerprint density at radius 2 is 2.42 bits per heavy atom. The van der Waals surface area contributed by atoms with Crippen LogP contribution in [0.3, 0.4) is 0 Å². The third kappa shape index (κ3) is 3.47. The van der Waals surface area contributed by atoms with Crippen molar-refractivity contribution in [2.75, 3.05) is 13.7 Å². The number of benzene rings is 1. The molecule has 1 aliphatic rings. The summed E-state index contributed by atoms with van der Waals surface area (Å²) in [6.45, 7) is 2.83. The van der Waals surface area contributed by atoms with E-state index in [1.165, 1.54) is 18.2 Å². The van der Waals surface area contributed by atoms with Gasteiger partial charge in [0.15, 0.2) is 0 Å². The van der Waals surface area contributed by atoms with Gasteiger partial charge in [-0.25, -0.2) is 4.79 Å². The molecule has 0 aromatic heterocycles. The monoisotopic (exact) mass is 261 g/mol. The number of hydrogen-bond acceptors (Lipinski definition) is 4. The molecule has 1 atom stereocenters. The minimum absolute atomic E-state index is 0.177. The zero-order valence-electron chi connectivity index (χ0n) is 11.3. The van der Waals surface area contributed by atoms with Gasteiger partial charge in [0.2, 0.25) is 5.96 Å². The van der Waals surface area contributed by atoms with E-state index in [1.54, 1.807) is 0 Å². The number of methoxy groups -OCH3 is 1. The predicted octanol–water partition coefficient (Wildman–Crippen LogP) is 2.00. The fourth-order valence-corrected chi connectivity index (χ4v) is 2.09. The van der Waals surface area contributed by atoms with Crippen molar-refractivity contribution in [1.29, 1.82) is 0 Å². The molecule has 0 fully saturated rings. The third-order valence-corrected chi connectivity index (χ3v) is 3.17. The number of guanidine groups is 1. The maximum Gasteiger partial charge on any atom is 0.413 e. The van der Waals surface area contributed by atoms with E-state index in [0.717, 1.165) is 12.8 Å². The second-order valence-corrected chi connectivity index (χ2v) is 4.43. The number of nitrogens with one attached hydrogen (secondary N) is 2.